The predicted molar refractivity (Wildman–Crippen MR) is 75.4 cm³/mol. The first-order chi connectivity index (χ1) is 8.59. The van der Waals surface area contributed by atoms with Crippen molar-refractivity contribution in [2.45, 2.75) is 57.7 Å². The Bertz CT molecular complexity index is 405. The van der Waals surface area contributed by atoms with E-state index in [1.165, 1.54) is 12.8 Å². The molecule has 2 unspecified atom stereocenters. The average Bonchev–Trinajstić information content (AvgIpc) is 2.51. The van der Waals surface area contributed by atoms with Crippen molar-refractivity contribution < 1.29 is 5.11 Å². The van der Waals surface area contributed by atoms with Crippen LogP contribution in [0.3, 0.4) is 0 Å². The smallest absolute Gasteiger partial charge is 0.0739 e. The zero-order chi connectivity index (χ0) is 13.1. The quantitative estimate of drug-likeness (QED) is 0.841. The van der Waals surface area contributed by atoms with E-state index in [4.69, 9.17) is 0 Å². The Morgan fingerprint density at radius 1 is 1.39 bits per heavy atom. The number of hydrogen-bond donors (Lipinski definition) is 2. The lowest BCUT2D eigenvalue weighted by Crippen LogP contribution is -2.39. The van der Waals surface area contributed by atoms with Gasteiger partial charge in [-0.15, -0.1) is 0 Å². The number of aromatic nitrogens is 2. The zero-order valence-electron chi connectivity index (χ0n) is 11.1. The molecule has 0 radical (unpaired) electrons. The molecule has 1 aromatic rings. The Kier molecular flexibility index (Phi) is 4.81. The SMILES string of the molecule is Cc1nn(C)c(CNC2CCCCCC2O)c1Br. The van der Waals surface area contributed by atoms with E-state index in [1.54, 1.807) is 0 Å². The molecule has 2 atom stereocenters. The number of aliphatic hydroxyl groups is 1. The van der Waals surface area contributed by atoms with Crippen molar-refractivity contribution in [3.63, 3.8) is 0 Å². The van der Waals surface area contributed by atoms with Gasteiger partial charge in [0.15, 0.2) is 0 Å². The van der Waals surface area contributed by atoms with Gasteiger partial charge in [0.2, 0.25) is 0 Å². The van der Waals surface area contributed by atoms with Crippen LogP contribution in [0.4, 0.5) is 0 Å². The fraction of sp³-hybridized carbons (Fsp3) is 0.769. The first-order valence-electron chi connectivity index (χ1n) is 6.69. The van der Waals surface area contributed by atoms with E-state index < -0.39 is 0 Å². The minimum Gasteiger partial charge on any atom is -0.392 e. The highest BCUT2D eigenvalue weighted by Crippen LogP contribution is 2.22. The average molecular weight is 316 g/mol. The second-order valence-corrected chi connectivity index (χ2v) is 5.96. The standard InChI is InChI=1S/C13H22BrN3O/c1-9-13(14)11(17(2)16-9)8-15-10-6-4-3-5-7-12(10)18/h10,12,15,18H,3-8H2,1-2H3. The summed E-state index contributed by atoms with van der Waals surface area (Å²) in [6, 6.07) is 0.217. The summed E-state index contributed by atoms with van der Waals surface area (Å²) >= 11 is 3.57. The molecule has 0 amide bonds. The molecular formula is C13H22BrN3O. The van der Waals surface area contributed by atoms with Gasteiger partial charge in [0, 0.05) is 19.6 Å². The summed E-state index contributed by atoms with van der Waals surface area (Å²) < 4.78 is 2.97. The van der Waals surface area contributed by atoms with Gasteiger partial charge < -0.3 is 10.4 Å². The topological polar surface area (TPSA) is 50.1 Å². The second-order valence-electron chi connectivity index (χ2n) is 5.16. The van der Waals surface area contributed by atoms with Gasteiger partial charge in [0.25, 0.3) is 0 Å². The molecule has 4 nitrogen and oxygen atoms in total. The molecule has 102 valence electrons. The van der Waals surface area contributed by atoms with Crippen molar-refractivity contribution in [2.24, 2.45) is 7.05 Å². The number of nitrogens with zero attached hydrogens (tertiary/aromatic N) is 2. The molecule has 1 aliphatic carbocycles. The molecule has 1 saturated carbocycles. The van der Waals surface area contributed by atoms with E-state index in [2.05, 4.69) is 26.3 Å². The van der Waals surface area contributed by atoms with Gasteiger partial charge in [-0.05, 0) is 35.7 Å². The maximum atomic E-state index is 10.1. The monoisotopic (exact) mass is 315 g/mol. The van der Waals surface area contributed by atoms with Crippen LogP contribution in [0.25, 0.3) is 0 Å². The number of halogens is 1. The van der Waals surface area contributed by atoms with Gasteiger partial charge in [0.05, 0.1) is 22.0 Å². The summed E-state index contributed by atoms with van der Waals surface area (Å²) in [7, 11) is 1.96. The van der Waals surface area contributed by atoms with E-state index in [9.17, 15) is 5.11 Å². The van der Waals surface area contributed by atoms with Crippen LogP contribution in [0.5, 0.6) is 0 Å². The normalized spacial score (nSPS) is 25.1. The van der Waals surface area contributed by atoms with Gasteiger partial charge in [-0.1, -0.05) is 19.3 Å². The fourth-order valence-electron chi connectivity index (χ4n) is 2.63. The lowest BCUT2D eigenvalue weighted by atomic mass is 10.1. The van der Waals surface area contributed by atoms with Crippen LogP contribution in [0.15, 0.2) is 4.47 Å². The van der Waals surface area contributed by atoms with Crippen LogP contribution in [-0.2, 0) is 13.6 Å². The third-order valence-corrected chi connectivity index (χ3v) is 4.80. The third-order valence-electron chi connectivity index (χ3n) is 3.77. The lowest BCUT2D eigenvalue weighted by molar-refractivity contribution is 0.119. The summed E-state index contributed by atoms with van der Waals surface area (Å²) in [5.41, 5.74) is 2.15. The molecule has 2 N–H and O–H groups in total. The van der Waals surface area contributed by atoms with Crippen LogP contribution in [0.1, 0.15) is 43.5 Å². The summed E-state index contributed by atoms with van der Waals surface area (Å²) in [5.74, 6) is 0. The maximum absolute atomic E-state index is 10.1. The fourth-order valence-corrected chi connectivity index (χ4v) is 3.10. The van der Waals surface area contributed by atoms with Crippen LogP contribution in [0, 0.1) is 6.92 Å². The number of hydrogen-bond acceptors (Lipinski definition) is 3. The number of rotatable bonds is 3. The van der Waals surface area contributed by atoms with Crippen LogP contribution < -0.4 is 5.32 Å². The molecule has 0 bridgehead atoms. The van der Waals surface area contributed by atoms with Gasteiger partial charge in [-0.2, -0.15) is 5.10 Å². The van der Waals surface area contributed by atoms with Crippen molar-refractivity contribution in [2.75, 3.05) is 0 Å². The van der Waals surface area contributed by atoms with Crippen LogP contribution in [0.2, 0.25) is 0 Å². The summed E-state index contributed by atoms with van der Waals surface area (Å²) in [5, 5.41) is 17.9. The van der Waals surface area contributed by atoms with Crippen molar-refractivity contribution in [1.82, 2.24) is 15.1 Å². The molecule has 1 heterocycles. The molecular weight excluding hydrogens is 294 g/mol. The van der Waals surface area contributed by atoms with Gasteiger partial charge in [-0.3, -0.25) is 4.68 Å². The molecule has 2 rings (SSSR count). The Labute approximate surface area is 117 Å². The Balaban J connectivity index is 1.97. The van der Waals surface area contributed by atoms with Crippen molar-refractivity contribution in [1.29, 1.82) is 0 Å². The minimum atomic E-state index is -0.208. The molecule has 1 aliphatic rings. The Morgan fingerprint density at radius 2 is 2.11 bits per heavy atom. The number of aryl methyl sites for hydroxylation is 2. The van der Waals surface area contributed by atoms with Gasteiger partial charge in [-0.25, -0.2) is 0 Å². The van der Waals surface area contributed by atoms with Crippen LogP contribution in [-0.4, -0.2) is 27.0 Å². The van der Waals surface area contributed by atoms with Gasteiger partial charge >= 0.3 is 0 Å². The van der Waals surface area contributed by atoms with Crippen molar-refractivity contribution in [3.05, 3.63) is 15.9 Å². The van der Waals surface area contributed by atoms with Crippen molar-refractivity contribution >= 4 is 15.9 Å². The zero-order valence-corrected chi connectivity index (χ0v) is 12.7. The highest BCUT2D eigenvalue weighted by atomic mass is 79.9. The van der Waals surface area contributed by atoms with E-state index >= 15 is 0 Å². The molecule has 0 aromatic carbocycles. The molecule has 1 fully saturated rings. The molecule has 0 spiro atoms. The molecule has 5 heteroatoms. The van der Waals surface area contributed by atoms with Gasteiger partial charge in [0.1, 0.15) is 0 Å². The molecule has 0 saturated heterocycles. The molecule has 18 heavy (non-hydrogen) atoms. The summed E-state index contributed by atoms with van der Waals surface area (Å²) in [6.45, 7) is 2.74. The first-order valence-corrected chi connectivity index (χ1v) is 7.48. The highest BCUT2D eigenvalue weighted by Gasteiger charge is 2.22. The summed E-state index contributed by atoms with van der Waals surface area (Å²) in [6.07, 6.45) is 5.37. The summed E-state index contributed by atoms with van der Waals surface area (Å²) in [4.78, 5) is 0. The number of aliphatic hydroxyl groups excluding tert-OH is 1. The van der Waals surface area contributed by atoms with Crippen molar-refractivity contribution in [3.8, 4) is 0 Å². The third kappa shape index (κ3) is 3.13. The Morgan fingerprint density at radius 3 is 2.78 bits per heavy atom. The first kappa shape index (κ1) is 14.0. The van der Waals surface area contributed by atoms with E-state index in [0.717, 1.165) is 41.7 Å². The molecule has 0 aliphatic heterocycles. The lowest BCUT2D eigenvalue weighted by Gasteiger charge is -2.21. The van der Waals surface area contributed by atoms with E-state index in [0.29, 0.717) is 0 Å². The maximum Gasteiger partial charge on any atom is 0.0739 e. The number of nitrogens with one attached hydrogen (secondary N) is 1. The van der Waals surface area contributed by atoms with E-state index in [1.807, 2.05) is 18.7 Å². The molecule has 1 aromatic heterocycles. The van der Waals surface area contributed by atoms with Crippen LogP contribution >= 0.6 is 15.9 Å². The largest absolute Gasteiger partial charge is 0.392 e. The minimum absolute atomic E-state index is 0.208. The predicted octanol–water partition coefficient (Wildman–Crippen LogP) is 2.27. The van der Waals surface area contributed by atoms with E-state index in [-0.39, 0.29) is 12.1 Å². The Hall–Kier alpha value is -0.390. The second kappa shape index (κ2) is 6.17. The highest BCUT2D eigenvalue weighted by molar-refractivity contribution is 9.10.